The summed E-state index contributed by atoms with van der Waals surface area (Å²) in [6.45, 7) is 14.3. The Bertz CT molecular complexity index is 538. The topological polar surface area (TPSA) is 125 Å². The Morgan fingerprint density at radius 3 is 1.80 bits per heavy atom. The first-order chi connectivity index (χ1) is 9.20. The molecule has 6 N–H and O–H groups in total. The molecular formula is C14H18N4O2. The van der Waals surface area contributed by atoms with Gasteiger partial charge in [0.15, 0.2) is 0 Å². The number of primary amides is 1. The number of allylic oxidation sites excluding steroid dienone is 4. The van der Waals surface area contributed by atoms with E-state index in [0.29, 0.717) is 16.7 Å². The van der Waals surface area contributed by atoms with Crippen molar-refractivity contribution in [1.82, 2.24) is 0 Å². The molecule has 0 aromatic heterocycles. The Morgan fingerprint density at radius 2 is 1.45 bits per heavy atom. The summed E-state index contributed by atoms with van der Waals surface area (Å²) in [6.07, 6.45) is 2.86. The summed E-state index contributed by atoms with van der Waals surface area (Å²) in [5.74, 6) is -0.728. The minimum absolute atomic E-state index is 0.0217. The lowest BCUT2D eigenvalue weighted by Crippen LogP contribution is -2.18. The fraction of sp³-hybridized carbons (Fsp3) is 0.0714. The van der Waals surface area contributed by atoms with Gasteiger partial charge in [-0.15, -0.1) is 0 Å². The highest BCUT2D eigenvalue weighted by Crippen LogP contribution is 2.16. The van der Waals surface area contributed by atoms with Crippen molar-refractivity contribution in [3.63, 3.8) is 0 Å². The number of carbonyl (C=O) groups is 1. The summed E-state index contributed by atoms with van der Waals surface area (Å²) in [7, 11) is 0. The lowest BCUT2D eigenvalue weighted by Gasteiger charge is -2.07. The molecular weight excluding hydrogens is 256 g/mol. The van der Waals surface area contributed by atoms with Crippen LogP contribution in [-0.2, 0) is 4.79 Å². The molecule has 0 rings (SSSR count). The quantitative estimate of drug-likeness (QED) is 0.349. The fourth-order valence-corrected chi connectivity index (χ4v) is 1.20. The van der Waals surface area contributed by atoms with Gasteiger partial charge < -0.3 is 17.2 Å². The maximum Gasteiger partial charge on any atom is 0.250 e. The molecule has 0 aliphatic rings. The molecule has 0 aliphatic carbocycles. The van der Waals surface area contributed by atoms with Crippen LogP contribution in [0.3, 0.4) is 0 Å². The lowest BCUT2D eigenvalue weighted by molar-refractivity contribution is -0.114. The first kappa shape index (κ1) is 17.1. The van der Waals surface area contributed by atoms with Crippen LogP contribution in [0.2, 0.25) is 0 Å². The number of amides is 1. The molecule has 1 amide bonds. The smallest absolute Gasteiger partial charge is 0.250 e. The standard InChI is InChI=1S/C14H18N4O2/c1-8(5-12(7-18-20)10(3)15)9(2)6-13(11(4)16)14(17)19/h5-6H,1-4,7,15-16H2,(H2,17,19)/b12-5-,13-6+. The molecule has 0 unspecified atom stereocenters. The summed E-state index contributed by atoms with van der Waals surface area (Å²) >= 11 is 0. The van der Waals surface area contributed by atoms with Gasteiger partial charge in [0, 0.05) is 11.4 Å². The van der Waals surface area contributed by atoms with Gasteiger partial charge in [-0.3, -0.25) is 4.79 Å². The van der Waals surface area contributed by atoms with Crippen molar-refractivity contribution in [3.8, 4) is 0 Å². The molecule has 0 saturated carbocycles. The molecule has 0 aromatic rings. The van der Waals surface area contributed by atoms with Gasteiger partial charge >= 0.3 is 0 Å². The fourth-order valence-electron chi connectivity index (χ4n) is 1.20. The molecule has 0 radical (unpaired) electrons. The number of hydrogen-bond donors (Lipinski definition) is 3. The molecule has 0 saturated heterocycles. The monoisotopic (exact) mass is 274 g/mol. The Hall–Kier alpha value is -2.89. The number of nitrogens with zero attached hydrogens (tertiary/aromatic N) is 1. The number of hydrogen-bond acceptors (Lipinski definition) is 5. The van der Waals surface area contributed by atoms with Gasteiger partial charge in [0.25, 0.3) is 5.91 Å². The van der Waals surface area contributed by atoms with E-state index in [2.05, 4.69) is 31.5 Å². The molecule has 20 heavy (non-hydrogen) atoms. The molecule has 6 nitrogen and oxygen atoms in total. The van der Waals surface area contributed by atoms with Crippen LogP contribution in [0.1, 0.15) is 0 Å². The largest absolute Gasteiger partial charge is 0.399 e. The van der Waals surface area contributed by atoms with Gasteiger partial charge in [-0.05, 0) is 28.9 Å². The number of nitroso groups, excluding NO2 is 1. The maximum absolute atomic E-state index is 11.2. The molecule has 106 valence electrons. The van der Waals surface area contributed by atoms with Gasteiger partial charge in [-0.25, -0.2) is 0 Å². The van der Waals surface area contributed by atoms with E-state index in [1.807, 2.05) is 0 Å². The first-order valence-electron chi connectivity index (χ1n) is 5.49. The number of nitrogens with two attached hydrogens (primary N) is 3. The van der Waals surface area contributed by atoms with Crippen molar-refractivity contribution in [2.45, 2.75) is 0 Å². The van der Waals surface area contributed by atoms with Crippen molar-refractivity contribution >= 4 is 5.91 Å². The van der Waals surface area contributed by atoms with Crippen LogP contribution < -0.4 is 17.2 Å². The summed E-state index contributed by atoms with van der Waals surface area (Å²) in [6, 6.07) is 0. The Balaban J connectivity index is 5.36. The van der Waals surface area contributed by atoms with Crippen molar-refractivity contribution in [3.05, 3.63) is 77.1 Å². The second-order valence-electron chi connectivity index (χ2n) is 3.98. The molecule has 0 bridgehead atoms. The van der Waals surface area contributed by atoms with Crippen LogP contribution in [0, 0.1) is 4.91 Å². The molecule has 6 heteroatoms. The third-order valence-electron chi connectivity index (χ3n) is 2.34. The zero-order valence-electron chi connectivity index (χ0n) is 11.2. The van der Waals surface area contributed by atoms with Gasteiger partial charge in [0.05, 0.1) is 5.57 Å². The third kappa shape index (κ3) is 5.18. The van der Waals surface area contributed by atoms with Gasteiger partial charge in [-0.1, -0.05) is 31.5 Å². The van der Waals surface area contributed by atoms with Gasteiger partial charge in [0.2, 0.25) is 0 Å². The average Bonchev–Trinajstić information content (AvgIpc) is 2.33. The summed E-state index contributed by atoms with van der Waals surface area (Å²) < 4.78 is 0. The van der Waals surface area contributed by atoms with Crippen LogP contribution >= 0.6 is 0 Å². The highest BCUT2D eigenvalue weighted by Gasteiger charge is 2.08. The van der Waals surface area contributed by atoms with Crippen molar-refractivity contribution in [2.75, 3.05) is 6.54 Å². The van der Waals surface area contributed by atoms with E-state index in [4.69, 9.17) is 17.2 Å². The van der Waals surface area contributed by atoms with Crippen LogP contribution in [-0.4, -0.2) is 12.5 Å². The SMILES string of the molecule is C=C(/C=C(/CN=O)C(=C)N)C(=C)/C=C(\C(=C)N)C(N)=O. The summed E-state index contributed by atoms with van der Waals surface area (Å²) in [5.41, 5.74) is 17.6. The normalized spacial score (nSPS) is 11.6. The maximum atomic E-state index is 11.2. The van der Waals surface area contributed by atoms with Gasteiger partial charge in [-0.2, -0.15) is 4.91 Å². The average molecular weight is 274 g/mol. The van der Waals surface area contributed by atoms with Gasteiger partial charge in [0.1, 0.15) is 6.54 Å². The predicted octanol–water partition coefficient (Wildman–Crippen LogP) is 1.15. The lowest BCUT2D eigenvalue weighted by atomic mass is 10.0. The summed E-state index contributed by atoms with van der Waals surface area (Å²) in [5, 5.41) is 2.73. The van der Waals surface area contributed by atoms with Crippen molar-refractivity contribution < 1.29 is 4.79 Å². The Morgan fingerprint density at radius 1 is 0.950 bits per heavy atom. The minimum atomic E-state index is -0.728. The third-order valence-corrected chi connectivity index (χ3v) is 2.34. The van der Waals surface area contributed by atoms with E-state index in [9.17, 15) is 9.70 Å². The molecule has 0 aromatic carbocycles. The van der Waals surface area contributed by atoms with Crippen molar-refractivity contribution in [2.24, 2.45) is 22.4 Å². The molecule has 0 spiro atoms. The van der Waals surface area contributed by atoms with Crippen LogP contribution in [0.4, 0.5) is 0 Å². The Kier molecular flexibility index (Phi) is 6.44. The van der Waals surface area contributed by atoms with E-state index in [1.54, 1.807) is 0 Å². The molecule has 0 aliphatic heterocycles. The molecule has 0 heterocycles. The van der Waals surface area contributed by atoms with E-state index in [0.717, 1.165) is 0 Å². The second kappa shape index (κ2) is 7.52. The van der Waals surface area contributed by atoms with E-state index < -0.39 is 5.91 Å². The zero-order chi connectivity index (χ0) is 15.9. The molecule has 0 fully saturated rings. The van der Waals surface area contributed by atoms with E-state index >= 15 is 0 Å². The first-order valence-corrected chi connectivity index (χ1v) is 5.49. The van der Waals surface area contributed by atoms with E-state index in [1.165, 1.54) is 12.2 Å². The summed E-state index contributed by atoms with van der Waals surface area (Å²) in [4.78, 5) is 21.5. The molecule has 0 atom stereocenters. The predicted molar refractivity (Wildman–Crippen MR) is 81.0 cm³/mol. The van der Waals surface area contributed by atoms with E-state index in [-0.39, 0.29) is 23.5 Å². The van der Waals surface area contributed by atoms with Crippen LogP contribution in [0.5, 0.6) is 0 Å². The number of rotatable bonds is 8. The highest BCUT2D eigenvalue weighted by atomic mass is 16.3. The van der Waals surface area contributed by atoms with Crippen molar-refractivity contribution in [1.29, 1.82) is 0 Å². The van der Waals surface area contributed by atoms with Crippen LogP contribution in [0.25, 0.3) is 0 Å². The second-order valence-corrected chi connectivity index (χ2v) is 3.98. The highest BCUT2D eigenvalue weighted by molar-refractivity contribution is 5.96. The van der Waals surface area contributed by atoms with Crippen LogP contribution in [0.15, 0.2) is 77.3 Å². The zero-order valence-corrected chi connectivity index (χ0v) is 11.2. The Labute approximate surface area is 117 Å². The number of carbonyl (C=O) groups excluding carboxylic acids is 1. The minimum Gasteiger partial charge on any atom is -0.399 e.